The lowest BCUT2D eigenvalue weighted by atomic mass is 9.92. The first-order valence-electron chi connectivity index (χ1n) is 10.7. The van der Waals surface area contributed by atoms with E-state index in [0.29, 0.717) is 50.9 Å². The van der Waals surface area contributed by atoms with Crippen LogP contribution in [0.2, 0.25) is 5.02 Å². The summed E-state index contributed by atoms with van der Waals surface area (Å²) in [4.78, 5) is 26.2. The van der Waals surface area contributed by atoms with E-state index in [2.05, 4.69) is 15.1 Å². The number of sulfonamides is 1. The zero-order chi connectivity index (χ0) is 22.2. The van der Waals surface area contributed by atoms with Gasteiger partial charge in [0.25, 0.3) is 5.56 Å². The van der Waals surface area contributed by atoms with Crippen LogP contribution in [0.1, 0.15) is 44.9 Å². The van der Waals surface area contributed by atoms with Crippen molar-refractivity contribution in [2.24, 2.45) is 7.05 Å². The first-order valence-corrected chi connectivity index (χ1v) is 12.6. The van der Waals surface area contributed by atoms with Crippen LogP contribution in [-0.2, 0) is 21.8 Å². The van der Waals surface area contributed by atoms with Crippen LogP contribution in [0.3, 0.4) is 0 Å². The monoisotopic (exact) mass is 473 g/mol. The molecule has 0 unspecified atom stereocenters. The van der Waals surface area contributed by atoms with Gasteiger partial charge in [0.05, 0.1) is 23.7 Å². The topological polar surface area (TPSA) is 123 Å². The number of anilines is 1. The standard InChI is InChI=1S/C19H28ClN5O5S/c1-24-18(26)17(20)16(10-21-24)25-9-8-14(11-25)30-19(27)22-12-2-4-13(5-3-12)23-31(28,29)15-6-7-15/h10,12-15,23H,2-9,11H2,1H3,(H,22,27)/t12-,13-,14-/m1/s1. The zero-order valence-electron chi connectivity index (χ0n) is 17.4. The lowest BCUT2D eigenvalue weighted by molar-refractivity contribution is 0.102. The Morgan fingerprint density at radius 3 is 2.52 bits per heavy atom. The minimum Gasteiger partial charge on any atom is -0.444 e. The van der Waals surface area contributed by atoms with Crippen LogP contribution >= 0.6 is 11.6 Å². The Kier molecular flexibility index (Phi) is 6.45. The molecule has 0 bridgehead atoms. The van der Waals surface area contributed by atoms with Gasteiger partial charge < -0.3 is 15.0 Å². The summed E-state index contributed by atoms with van der Waals surface area (Å²) < 4.78 is 33.7. The van der Waals surface area contributed by atoms with Crippen LogP contribution in [0, 0.1) is 0 Å². The lowest BCUT2D eigenvalue weighted by Gasteiger charge is -2.29. The van der Waals surface area contributed by atoms with Crippen LogP contribution in [-0.4, -0.2) is 60.8 Å². The Hall–Kier alpha value is -1.85. The fourth-order valence-electron chi connectivity index (χ4n) is 4.18. The molecule has 2 saturated carbocycles. The molecule has 0 aromatic carbocycles. The number of carbonyl (C=O) groups is 1. The molecule has 1 aromatic rings. The van der Waals surface area contributed by atoms with E-state index in [9.17, 15) is 18.0 Å². The molecule has 1 aromatic heterocycles. The normalized spacial score (nSPS) is 26.6. The van der Waals surface area contributed by atoms with Gasteiger partial charge in [0.1, 0.15) is 11.1 Å². The van der Waals surface area contributed by atoms with Gasteiger partial charge in [0.15, 0.2) is 0 Å². The van der Waals surface area contributed by atoms with Crippen LogP contribution < -0.4 is 20.5 Å². The van der Waals surface area contributed by atoms with Crippen molar-refractivity contribution in [3.63, 3.8) is 0 Å². The molecule has 0 radical (unpaired) electrons. The predicted molar refractivity (Wildman–Crippen MR) is 116 cm³/mol. The van der Waals surface area contributed by atoms with Crippen molar-refractivity contribution in [2.75, 3.05) is 18.0 Å². The largest absolute Gasteiger partial charge is 0.444 e. The van der Waals surface area contributed by atoms with Gasteiger partial charge in [0, 0.05) is 32.1 Å². The first kappa shape index (κ1) is 22.3. The maximum Gasteiger partial charge on any atom is 0.407 e. The smallest absolute Gasteiger partial charge is 0.407 e. The van der Waals surface area contributed by atoms with Gasteiger partial charge in [-0.3, -0.25) is 4.79 Å². The third-order valence-electron chi connectivity index (χ3n) is 6.16. The van der Waals surface area contributed by atoms with Gasteiger partial charge in [-0.05, 0) is 38.5 Å². The van der Waals surface area contributed by atoms with Gasteiger partial charge in [-0.1, -0.05) is 11.6 Å². The average molecular weight is 474 g/mol. The second kappa shape index (κ2) is 8.95. The molecule has 172 valence electrons. The van der Waals surface area contributed by atoms with Crippen LogP contribution in [0.5, 0.6) is 0 Å². The Morgan fingerprint density at radius 1 is 1.16 bits per heavy atom. The summed E-state index contributed by atoms with van der Waals surface area (Å²) in [6, 6.07) is -0.0810. The van der Waals surface area contributed by atoms with Gasteiger partial charge in [-0.25, -0.2) is 22.6 Å². The third-order valence-corrected chi connectivity index (χ3v) is 8.53. The molecule has 3 fully saturated rings. The number of carbonyl (C=O) groups excluding carboxylic acids is 1. The number of aryl methyl sites for hydroxylation is 1. The summed E-state index contributed by atoms with van der Waals surface area (Å²) in [7, 11) is -1.65. The minimum absolute atomic E-state index is 0.0255. The van der Waals surface area contributed by atoms with E-state index < -0.39 is 16.1 Å². The van der Waals surface area contributed by atoms with Gasteiger partial charge in [0.2, 0.25) is 10.0 Å². The molecule has 0 spiro atoms. The molecule has 2 N–H and O–H groups in total. The fraction of sp³-hybridized carbons (Fsp3) is 0.737. The van der Waals surface area contributed by atoms with Crippen molar-refractivity contribution in [3.8, 4) is 0 Å². The van der Waals surface area contributed by atoms with Gasteiger partial charge in [-0.2, -0.15) is 5.10 Å². The van der Waals surface area contributed by atoms with E-state index >= 15 is 0 Å². The van der Waals surface area contributed by atoms with E-state index in [1.807, 2.05) is 4.90 Å². The van der Waals surface area contributed by atoms with Crippen molar-refractivity contribution in [1.29, 1.82) is 0 Å². The Balaban J connectivity index is 1.21. The molecule has 31 heavy (non-hydrogen) atoms. The highest BCUT2D eigenvalue weighted by atomic mass is 35.5. The van der Waals surface area contributed by atoms with Gasteiger partial charge in [-0.15, -0.1) is 0 Å². The quantitative estimate of drug-likeness (QED) is 0.634. The molecule has 10 nitrogen and oxygen atoms in total. The molecule has 4 rings (SSSR count). The highest BCUT2D eigenvalue weighted by Gasteiger charge is 2.38. The number of alkyl carbamates (subject to hydrolysis) is 1. The maximum atomic E-state index is 12.3. The molecule has 3 aliphatic rings. The van der Waals surface area contributed by atoms with Gasteiger partial charge >= 0.3 is 6.09 Å². The van der Waals surface area contributed by atoms with Crippen molar-refractivity contribution >= 4 is 33.4 Å². The Morgan fingerprint density at radius 2 is 1.84 bits per heavy atom. The SMILES string of the molecule is Cn1ncc(N2CC[C@@H](OC(=O)N[C@H]3CC[C@H](NS(=O)(=O)C4CC4)CC3)C2)c(Cl)c1=O. The fourth-order valence-corrected chi connectivity index (χ4v) is 6.12. The summed E-state index contributed by atoms with van der Waals surface area (Å²) in [5.41, 5.74) is 0.180. The summed E-state index contributed by atoms with van der Waals surface area (Å²) >= 11 is 6.16. The number of nitrogens with one attached hydrogen (secondary N) is 2. The Labute approximate surface area is 186 Å². The Bertz CT molecular complexity index is 988. The number of nitrogens with zero attached hydrogens (tertiary/aromatic N) is 3. The van der Waals surface area contributed by atoms with Crippen molar-refractivity contribution < 1.29 is 17.9 Å². The first-order chi connectivity index (χ1) is 14.7. The molecule has 2 heterocycles. The second-order valence-corrected chi connectivity index (χ2v) is 11.0. The number of hydrogen-bond acceptors (Lipinski definition) is 7. The highest BCUT2D eigenvalue weighted by molar-refractivity contribution is 7.90. The molecule has 1 saturated heterocycles. The summed E-state index contributed by atoms with van der Waals surface area (Å²) in [5.74, 6) is 0. The van der Waals surface area contributed by atoms with E-state index in [4.69, 9.17) is 16.3 Å². The summed E-state index contributed by atoms with van der Waals surface area (Å²) in [6.45, 7) is 1.05. The van der Waals surface area contributed by atoms with E-state index in [-0.39, 0.29) is 34.0 Å². The number of halogens is 1. The van der Waals surface area contributed by atoms with Crippen molar-refractivity contribution in [3.05, 3.63) is 21.6 Å². The number of rotatable bonds is 6. The minimum atomic E-state index is -3.18. The second-order valence-electron chi connectivity index (χ2n) is 8.59. The molecule has 1 atom stereocenters. The molecular weight excluding hydrogens is 446 g/mol. The number of amides is 1. The maximum absolute atomic E-state index is 12.3. The average Bonchev–Trinajstić information content (AvgIpc) is 3.49. The summed E-state index contributed by atoms with van der Waals surface area (Å²) in [6.07, 6.45) is 5.71. The van der Waals surface area contributed by atoms with Crippen molar-refractivity contribution in [1.82, 2.24) is 19.8 Å². The van der Waals surface area contributed by atoms with Crippen LogP contribution in [0.15, 0.2) is 11.0 Å². The number of hydrogen-bond donors (Lipinski definition) is 2. The molecule has 1 aliphatic heterocycles. The molecular formula is C19H28ClN5O5S. The van der Waals surface area contributed by atoms with Crippen LogP contribution in [0.25, 0.3) is 0 Å². The highest BCUT2D eigenvalue weighted by Crippen LogP contribution is 2.29. The van der Waals surface area contributed by atoms with Crippen LogP contribution in [0.4, 0.5) is 10.5 Å². The lowest BCUT2D eigenvalue weighted by Crippen LogP contribution is -2.45. The van der Waals surface area contributed by atoms with E-state index in [0.717, 1.165) is 12.8 Å². The number of ether oxygens (including phenoxy) is 1. The van der Waals surface area contributed by atoms with E-state index in [1.165, 1.54) is 11.7 Å². The predicted octanol–water partition coefficient (Wildman–Crippen LogP) is 1.13. The summed E-state index contributed by atoms with van der Waals surface area (Å²) in [5, 5.41) is 6.80. The molecule has 1 amide bonds. The molecule has 12 heteroatoms. The molecule has 2 aliphatic carbocycles. The third kappa shape index (κ3) is 5.32. The number of aromatic nitrogens is 2. The van der Waals surface area contributed by atoms with E-state index in [1.54, 1.807) is 6.20 Å². The zero-order valence-corrected chi connectivity index (χ0v) is 19.0. The van der Waals surface area contributed by atoms with Crippen molar-refractivity contribution in [2.45, 2.75) is 68.4 Å².